The second-order valence-corrected chi connectivity index (χ2v) is 9.61. The molecule has 0 spiro atoms. The Morgan fingerprint density at radius 2 is 1.92 bits per heavy atom. The summed E-state index contributed by atoms with van der Waals surface area (Å²) in [4.78, 5) is 37.5. The molecule has 184 valence electrons. The van der Waals surface area contributed by atoms with Gasteiger partial charge in [0.1, 0.15) is 30.0 Å². The van der Waals surface area contributed by atoms with E-state index in [0.717, 1.165) is 35.2 Å². The molecule has 9 nitrogen and oxygen atoms in total. The van der Waals surface area contributed by atoms with Gasteiger partial charge in [0.2, 0.25) is 11.8 Å². The number of aromatic nitrogens is 2. The Balaban J connectivity index is 1.28. The van der Waals surface area contributed by atoms with E-state index in [0.29, 0.717) is 41.8 Å². The number of pyridine rings is 2. The number of amides is 2. The number of hydrogen-bond donors (Lipinski definition) is 1. The third-order valence-electron chi connectivity index (χ3n) is 6.74. The predicted molar refractivity (Wildman–Crippen MR) is 135 cm³/mol. The normalized spacial score (nSPS) is 17.6. The van der Waals surface area contributed by atoms with Gasteiger partial charge in [0.25, 0.3) is 5.91 Å². The molecular weight excluding hydrogens is 458 g/mol. The maximum atomic E-state index is 12.8. The van der Waals surface area contributed by atoms with Gasteiger partial charge in [0.05, 0.1) is 18.4 Å². The number of benzene rings is 1. The summed E-state index contributed by atoms with van der Waals surface area (Å²) in [6, 6.07) is 9.36. The lowest BCUT2D eigenvalue weighted by molar-refractivity contribution is -0.120. The molecule has 1 atom stereocenters. The molecule has 4 heterocycles. The van der Waals surface area contributed by atoms with E-state index >= 15 is 0 Å². The SMILES string of the molecule is CC1Oc2cc(C(=O)N(C)C)ccc2-c2cnc(Nc3cnc4c(c3)N(C(=O)C3CC3)CCO4)cc21. The Morgan fingerprint density at radius 1 is 1.08 bits per heavy atom. The third-order valence-corrected chi connectivity index (χ3v) is 6.74. The zero-order chi connectivity index (χ0) is 25.0. The summed E-state index contributed by atoms with van der Waals surface area (Å²) >= 11 is 0. The number of carbonyl (C=O) groups excluding carboxylic acids is 2. The number of fused-ring (bicyclic) bond motifs is 4. The van der Waals surface area contributed by atoms with Crippen molar-refractivity contribution in [2.75, 3.05) is 37.5 Å². The number of ether oxygens (including phenoxy) is 2. The topological polar surface area (TPSA) is 96.9 Å². The van der Waals surface area contributed by atoms with Gasteiger partial charge < -0.3 is 24.6 Å². The summed E-state index contributed by atoms with van der Waals surface area (Å²) in [6.07, 6.45) is 5.19. The van der Waals surface area contributed by atoms with Crippen molar-refractivity contribution < 1.29 is 19.1 Å². The van der Waals surface area contributed by atoms with Crippen LogP contribution in [0.15, 0.2) is 42.7 Å². The van der Waals surface area contributed by atoms with Gasteiger partial charge in [-0.1, -0.05) is 0 Å². The van der Waals surface area contributed by atoms with Crippen LogP contribution in [0.3, 0.4) is 0 Å². The Bertz CT molecular complexity index is 1380. The van der Waals surface area contributed by atoms with Crippen molar-refractivity contribution in [1.82, 2.24) is 14.9 Å². The quantitative estimate of drug-likeness (QED) is 0.592. The zero-order valence-electron chi connectivity index (χ0n) is 20.4. The molecule has 3 aromatic rings. The van der Waals surface area contributed by atoms with Crippen LogP contribution < -0.4 is 19.7 Å². The number of rotatable bonds is 4. The molecule has 1 unspecified atom stereocenters. The lowest BCUT2D eigenvalue weighted by atomic mass is 9.94. The second kappa shape index (κ2) is 8.51. The molecule has 2 aromatic heterocycles. The van der Waals surface area contributed by atoms with Crippen LogP contribution in [0.1, 0.15) is 41.8 Å². The summed E-state index contributed by atoms with van der Waals surface area (Å²) in [5.41, 5.74) is 4.85. The van der Waals surface area contributed by atoms with Crippen molar-refractivity contribution in [3.05, 3.63) is 53.9 Å². The molecule has 1 fully saturated rings. The monoisotopic (exact) mass is 485 g/mol. The molecule has 6 rings (SSSR count). The van der Waals surface area contributed by atoms with Crippen LogP contribution >= 0.6 is 0 Å². The van der Waals surface area contributed by atoms with Gasteiger partial charge in [-0.25, -0.2) is 9.97 Å². The van der Waals surface area contributed by atoms with E-state index in [1.54, 1.807) is 36.2 Å². The third kappa shape index (κ3) is 3.90. The van der Waals surface area contributed by atoms with Crippen molar-refractivity contribution in [1.29, 1.82) is 0 Å². The molecule has 36 heavy (non-hydrogen) atoms. The smallest absolute Gasteiger partial charge is 0.253 e. The number of nitrogens with one attached hydrogen (secondary N) is 1. The largest absolute Gasteiger partial charge is 0.485 e. The van der Waals surface area contributed by atoms with Crippen molar-refractivity contribution in [3.63, 3.8) is 0 Å². The van der Waals surface area contributed by atoms with Gasteiger partial charge in [0.15, 0.2) is 0 Å². The number of nitrogens with zero attached hydrogens (tertiary/aromatic N) is 4. The van der Waals surface area contributed by atoms with E-state index in [2.05, 4.69) is 15.3 Å². The fourth-order valence-corrected chi connectivity index (χ4v) is 4.68. The molecule has 9 heteroatoms. The minimum Gasteiger partial charge on any atom is -0.485 e. The summed E-state index contributed by atoms with van der Waals surface area (Å²) in [5.74, 6) is 1.99. The van der Waals surface area contributed by atoms with Gasteiger partial charge in [-0.2, -0.15) is 0 Å². The van der Waals surface area contributed by atoms with E-state index in [9.17, 15) is 9.59 Å². The van der Waals surface area contributed by atoms with Gasteiger partial charge in [0, 0.05) is 48.5 Å². The lowest BCUT2D eigenvalue weighted by Gasteiger charge is -2.29. The van der Waals surface area contributed by atoms with E-state index in [-0.39, 0.29) is 23.8 Å². The zero-order valence-corrected chi connectivity index (χ0v) is 20.4. The molecule has 0 radical (unpaired) electrons. The maximum Gasteiger partial charge on any atom is 0.253 e. The summed E-state index contributed by atoms with van der Waals surface area (Å²) in [7, 11) is 3.46. The second-order valence-electron chi connectivity index (χ2n) is 9.61. The van der Waals surface area contributed by atoms with Crippen LogP contribution in [-0.2, 0) is 4.79 Å². The molecule has 1 aliphatic carbocycles. The highest BCUT2D eigenvalue weighted by atomic mass is 16.5. The van der Waals surface area contributed by atoms with E-state index in [4.69, 9.17) is 9.47 Å². The molecule has 2 aliphatic heterocycles. The van der Waals surface area contributed by atoms with Gasteiger partial charge in [-0.3, -0.25) is 9.59 Å². The minimum absolute atomic E-state index is 0.0704. The fourth-order valence-electron chi connectivity index (χ4n) is 4.68. The lowest BCUT2D eigenvalue weighted by Crippen LogP contribution is -2.39. The maximum absolute atomic E-state index is 12.8. The first-order valence-corrected chi connectivity index (χ1v) is 12.1. The van der Waals surface area contributed by atoms with Crippen LogP contribution in [0.5, 0.6) is 11.6 Å². The summed E-state index contributed by atoms with van der Waals surface area (Å²) in [5, 5.41) is 3.32. The highest BCUT2D eigenvalue weighted by Gasteiger charge is 2.36. The minimum atomic E-state index is -0.220. The molecule has 0 saturated heterocycles. The molecule has 1 saturated carbocycles. The summed E-state index contributed by atoms with van der Waals surface area (Å²) < 4.78 is 11.9. The number of anilines is 3. The molecule has 2 amide bonds. The molecule has 1 N–H and O–H groups in total. The van der Waals surface area contributed by atoms with Crippen LogP contribution in [-0.4, -0.2) is 53.9 Å². The highest BCUT2D eigenvalue weighted by Crippen LogP contribution is 2.43. The van der Waals surface area contributed by atoms with E-state index < -0.39 is 0 Å². The Hall–Kier alpha value is -4.14. The number of hydrogen-bond acceptors (Lipinski definition) is 7. The van der Waals surface area contributed by atoms with Gasteiger partial charge in [-0.05, 0) is 50.1 Å². The molecular formula is C27H27N5O4. The van der Waals surface area contributed by atoms with Crippen LogP contribution in [0.25, 0.3) is 11.1 Å². The average Bonchev–Trinajstić information content (AvgIpc) is 3.73. The first-order chi connectivity index (χ1) is 17.4. The van der Waals surface area contributed by atoms with Crippen LogP contribution in [0, 0.1) is 5.92 Å². The number of carbonyl (C=O) groups is 2. The van der Waals surface area contributed by atoms with Gasteiger partial charge >= 0.3 is 0 Å². The molecule has 0 bridgehead atoms. The van der Waals surface area contributed by atoms with Crippen LogP contribution in [0.4, 0.5) is 17.2 Å². The first kappa shape index (κ1) is 22.3. The van der Waals surface area contributed by atoms with Crippen molar-refractivity contribution in [2.45, 2.75) is 25.9 Å². The average molecular weight is 486 g/mol. The predicted octanol–water partition coefficient (Wildman–Crippen LogP) is 4.18. The van der Waals surface area contributed by atoms with Crippen LogP contribution in [0.2, 0.25) is 0 Å². The fraction of sp³-hybridized carbons (Fsp3) is 0.333. The molecule has 3 aliphatic rings. The highest BCUT2D eigenvalue weighted by molar-refractivity contribution is 5.98. The van der Waals surface area contributed by atoms with Crippen molar-refractivity contribution in [3.8, 4) is 22.8 Å². The first-order valence-electron chi connectivity index (χ1n) is 12.1. The summed E-state index contributed by atoms with van der Waals surface area (Å²) in [6.45, 7) is 2.95. The molecule has 1 aromatic carbocycles. The van der Waals surface area contributed by atoms with E-state index in [1.807, 2.05) is 37.4 Å². The van der Waals surface area contributed by atoms with Crippen molar-refractivity contribution >= 4 is 29.0 Å². The van der Waals surface area contributed by atoms with E-state index in [1.165, 1.54) is 0 Å². The standard InChI is InChI=1S/C27H27N5O4/c1-15-20-12-24(28-14-21(20)19-7-6-17(10-23(19)36-15)26(33)31(2)3)30-18-11-22-25(29-13-18)35-9-8-32(22)27(34)16-4-5-16/h6-7,10-16H,4-5,8-9H2,1-3H3,(H,28,30). The van der Waals surface area contributed by atoms with Crippen molar-refractivity contribution in [2.24, 2.45) is 5.92 Å². The van der Waals surface area contributed by atoms with Gasteiger partial charge in [-0.15, -0.1) is 0 Å². The Labute approximate surface area is 209 Å². The Kier molecular flexibility index (Phi) is 5.28. The Morgan fingerprint density at radius 3 is 2.69 bits per heavy atom.